The van der Waals surface area contributed by atoms with Crippen molar-refractivity contribution in [2.24, 2.45) is 5.92 Å². The van der Waals surface area contributed by atoms with Crippen molar-refractivity contribution in [1.82, 2.24) is 14.9 Å². The summed E-state index contributed by atoms with van der Waals surface area (Å²) in [4.78, 5) is 23.9. The van der Waals surface area contributed by atoms with Crippen molar-refractivity contribution in [3.05, 3.63) is 65.5 Å². The van der Waals surface area contributed by atoms with E-state index in [0.29, 0.717) is 11.7 Å². The van der Waals surface area contributed by atoms with Crippen molar-refractivity contribution in [3.8, 4) is 11.3 Å². The van der Waals surface area contributed by atoms with Crippen LogP contribution in [0, 0.1) is 12.8 Å². The van der Waals surface area contributed by atoms with Gasteiger partial charge in [-0.25, -0.2) is 9.78 Å². The lowest BCUT2D eigenvalue weighted by atomic mass is 9.72. The van der Waals surface area contributed by atoms with Gasteiger partial charge < -0.3 is 4.90 Å². The van der Waals surface area contributed by atoms with Crippen molar-refractivity contribution in [1.29, 1.82) is 0 Å². The Bertz CT molecular complexity index is 979. The number of carbonyl (C=O) groups excluding carboxylic acids is 1. The number of fused-ring (bicyclic) bond motifs is 2. The lowest BCUT2D eigenvalue weighted by molar-refractivity contribution is 0.143. The first kappa shape index (κ1) is 17.2. The Hall–Kier alpha value is -2.95. The summed E-state index contributed by atoms with van der Waals surface area (Å²) in [6.07, 6.45) is 12.6. The van der Waals surface area contributed by atoms with Crippen molar-refractivity contribution >= 4 is 11.8 Å². The van der Waals surface area contributed by atoms with Gasteiger partial charge in [0.25, 0.3) is 0 Å². The number of piperidine rings is 1. The number of nitrogens with zero attached hydrogens (tertiary/aromatic N) is 3. The molecule has 2 aromatic heterocycles. The lowest BCUT2D eigenvalue weighted by Crippen LogP contribution is -2.53. The predicted molar refractivity (Wildman–Crippen MR) is 110 cm³/mol. The van der Waals surface area contributed by atoms with Gasteiger partial charge in [-0.15, -0.1) is 0 Å². The van der Waals surface area contributed by atoms with Gasteiger partial charge in [0.2, 0.25) is 0 Å². The fourth-order valence-electron chi connectivity index (χ4n) is 4.84. The number of rotatable bonds is 2. The van der Waals surface area contributed by atoms with Crippen LogP contribution in [0.1, 0.15) is 31.2 Å². The summed E-state index contributed by atoms with van der Waals surface area (Å²) in [6.45, 7) is 2.83. The average molecular weight is 372 g/mol. The van der Waals surface area contributed by atoms with Crippen LogP contribution in [0.2, 0.25) is 0 Å². The molecule has 4 heterocycles. The highest BCUT2D eigenvalue weighted by Gasteiger charge is 2.41. The van der Waals surface area contributed by atoms with Gasteiger partial charge in [-0.1, -0.05) is 23.8 Å². The molecule has 0 radical (unpaired) electrons. The first-order valence-corrected chi connectivity index (χ1v) is 10.1. The van der Waals surface area contributed by atoms with E-state index in [-0.39, 0.29) is 12.1 Å². The fourth-order valence-corrected chi connectivity index (χ4v) is 4.84. The van der Waals surface area contributed by atoms with E-state index in [1.807, 2.05) is 36.1 Å². The quantitative estimate of drug-likeness (QED) is 0.829. The largest absolute Gasteiger partial charge is 0.323 e. The van der Waals surface area contributed by atoms with E-state index in [0.717, 1.165) is 42.6 Å². The molecule has 2 unspecified atom stereocenters. The number of aromatic nitrogens is 2. The molecule has 2 amide bonds. The third kappa shape index (κ3) is 2.91. The molecule has 1 fully saturated rings. The minimum absolute atomic E-state index is 0.0523. The summed E-state index contributed by atoms with van der Waals surface area (Å²) in [5, 5.41) is 3.03. The summed E-state index contributed by atoms with van der Waals surface area (Å²) < 4.78 is 0. The first-order chi connectivity index (χ1) is 13.7. The summed E-state index contributed by atoms with van der Waals surface area (Å²) in [5.41, 5.74) is 5.89. The minimum atomic E-state index is -0.0523. The molecular formula is C23H24N4O. The molecule has 0 saturated carbocycles. The van der Waals surface area contributed by atoms with Crippen LogP contribution in [0.25, 0.3) is 11.3 Å². The van der Waals surface area contributed by atoms with Crippen LogP contribution < -0.4 is 5.32 Å². The number of nitrogens with one attached hydrogen (secondary N) is 1. The van der Waals surface area contributed by atoms with Gasteiger partial charge in [0.15, 0.2) is 0 Å². The minimum Gasteiger partial charge on any atom is -0.317 e. The SMILES string of the molecule is Cc1cnc(NC(=O)N2CC3CCC2C2=C3CCC=C2)cc1-c1ccccn1. The number of hydrogen-bond donors (Lipinski definition) is 1. The number of carbonyl (C=O) groups is 1. The monoisotopic (exact) mass is 372 g/mol. The van der Waals surface area contributed by atoms with E-state index >= 15 is 0 Å². The third-order valence-electron chi connectivity index (χ3n) is 6.22. The fraction of sp³-hybridized carbons (Fsp3) is 0.348. The van der Waals surface area contributed by atoms with Gasteiger partial charge in [0.05, 0.1) is 11.7 Å². The maximum Gasteiger partial charge on any atom is 0.323 e. The number of hydrogen-bond acceptors (Lipinski definition) is 3. The van der Waals surface area contributed by atoms with Crippen molar-refractivity contribution in [2.45, 2.75) is 38.6 Å². The molecule has 2 aromatic rings. The average Bonchev–Trinajstić information content (AvgIpc) is 2.76. The molecule has 2 atom stereocenters. The maximum absolute atomic E-state index is 13.1. The molecule has 0 aromatic carbocycles. The summed E-state index contributed by atoms with van der Waals surface area (Å²) >= 11 is 0. The van der Waals surface area contributed by atoms with Crippen molar-refractivity contribution in [2.75, 3.05) is 11.9 Å². The molecule has 2 bridgehead atoms. The van der Waals surface area contributed by atoms with Crippen molar-refractivity contribution in [3.63, 3.8) is 0 Å². The summed E-state index contributed by atoms with van der Waals surface area (Å²) in [7, 11) is 0. The molecule has 1 saturated heterocycles. The van der Waals surface area contributed by atoms with Crippen LogP contribution >= 0.6 is 0 Å². The summed E-state index contributed by atoms with van der Waals surface area (Å²) in [6, 6.07) is 7.91. The van der Waals surface area contributed by atoms with Crippen LogP contribution in [0.3, 0.4) is 0 Å². The Labute approximate surface area is 165 Å². The smallest absolute Gasteiger partial charge is 0.317 e. The standard InChI is InChI=1S/C23H24N4O/c1-15-13-25-22(12-19(15)20-8-4-5-11-24-20)26-23(28)27-14-16-9-10-21(27)18-7-3-2-6-17(16)18/h3-5,7-8,11-13,16,21H,2,6,9-10,14H2,1H3,(H,25,26,28). The number of aryl methyl sites for hydroxylation is 1. The van der Waals surface area contributed by atoms with E-state index in [1.165, 1.54) is 12.0 Å². The highest BCUT2D eigenvalue weighted by Crippen LogP contribution is 2.43. The highest BCUT2D eigenvalue weighted by molar-refractivity contribution is 5.90. The van der Waals surface area contributed by atoms with Crippen LogP contribution in [-0.2, 0) is 0 Å². The van der Waals surface area contributed by atoms with Gasteiger partial charge in [0, 0.05) is 24.5 Å². The van der Waals surface area contributed by atoms with Crippen LogP contribution in [0.4, 0.5) is 10.6 Å². The Morgan fingerprint density at radius 2 is 2.18 bits per heavy atom. The molecule has 0 spiro atoms. The number of allylic oxidation sites excluding steroid dienone is 1. The molecule has 28 heavy (non-hydrogen) atoms. The second-order valence-electron chi connectivity index (χ2n) is 7.89. The second kappa shape index (κ2) is 6.89. The number of urea groups is 1. The lowest BCUT2D eigenvalue weighted by Gasteiger charge is -2.48. The molecule has 6 rings (SSSR count). The number of pyridine rings is 2. The van der Waals surface area contributed by atoms with Gasteiger partial charge in [0.1, 0.15) is 5.82 Å². The van der Waals surface area contributed by atoms with E-state index in [2.05, 4.69) is 27.4 Å². The molecule has 142 valence electrons. The topological polar surface area (TPSA) is 58.1 Å². The molecule has 4 aliphatic rings. The van der Waals surface area contributed by atoms with Gasteiger partial charge in [-0.05, 0) is 67.9 Å². The highest BCUT2D eigenvalue weighted by atomic mass is 16.2. The zero-order valence-corrected chi connectivity index (χ0v) is 16.1. The van der Waals surface area contributed by atoms with E-state index in [1.54, 1.807) is 18.0 Å². The Kier molecular flexibility index (Phi) is 4.23. The van der Waals surface area contributed by atoms with E-state index in [4.69, 9.17) is 0 Å². The zero-order valence-electron chi connectivity index (χ0n) is 16.1. The van der Waals surface area contributed by atoms with E-state index in [9.17, 15) is 4.79 Å². The molecule has 1 N–H and O–H groups in total. The number of anilines is 1. The first-order valence-electron chi connectivity index (χ1n) is 10.1. The number of amides is 2. The molecule has 5 nitrogen and oxygen atoms in total. The Morgan fingerprint density at radius 1 is 1.25 bits per heavy atom. The molecule has 2 aliphatic carbocycles. The Balaban J connectivity index is 1.38. The zero-order chi connectivity index (χ0) is 19.1. The molecule has 5 heteroatoms. The van der Waals surface area contributed by atoms with Crippen LogP contribution in [0.5, 0.6) is 0 Å². The Morgan fingerprint density at radius 3 is 3.04 bits per heavy atom. The van der Waals surface area contributed by atoms with Crippen molar-refractivity contribution < 1.29 is 4.79 Å². The maximum atomic E-state index is 13.1. The summed E-state index contributed by atoms with van der Waals surface area (Å²) in [5.74, 6) is 1.09. The third-order valence-corrected chi connectivity index (χ3v) is 6.22. The molecular weight excluding hydrogens is 348 g/mol. The van der Waals surface area contributed by atoms with Gasteiger partial charge in [-0.2, -0.15) is 0 Å². The molecule has 2 aliphatic heterocycles. The predicted octanol–water partition coefficient (Wildman–Crippen LogP) is 4.72. The van der Waals surface area contributed by atoms with Crippen LogP contribution in [-0.4, -0.2) is 33.5 Å². The normalized spacial score (nSPS) is 23.0. The van der Waals surface area contributed by atoms with Gasteiger partial charge in [-0.3, -0.25) is 10.3 Å². The van der Waals surface area contributed by atoms with E-state index < -0.39 is 0 Å². The van der Waals surface area contributed by atoms with Gasteiger partial charge >= 0.3 is 6.03 Å². The van der Waals surface area contributed by atoms with Crippen LogP contribution in [0.15, 0.2) is 60.0 Å². The second-order valence-corrected chi connectivity index (χ2v) is 7.89.